The highest BCUT2D eigenvalue weighted by molar-refractivity contribution is 7.71. The van der Waals surface area contributed by atoms with Crippen LogP contribution >= 0.6 is 12.2 Å². The minimum absolute atomic E-state index is 0.681. The van der Waals surface area contributed by atoms with Crippen molar-refractivity contribution in [3.63, 3.8) is 0 Å². The molecule has 0 amide bonds. The fourth-order valence-electron chi connectivity index (χ4n) is 3.66. The molecule has 0 unspecified atom stereocenters. The lowest BCUT2D eigenvalue weighted by atomic mass is 10.1. The Kier molecular flexibility index (Phi) is 6.11. The Labute approximate surface area is 177 Å². The molecule has 5 nitrogen and oxygen atoms in total. The number of benzene rings is 2. The van der Waals surface area contributed by atoms with Gasteiger partial charge in [0.1, 0.15) is 5.75 Å². The van der Waals surface area contributed by atoms with E-state index in [0.29, 0.717) is 6.04 Å². The quantitative estimate of drug-likeness (QED) is 0.478. The van der Waals surface area contributed by atoms with Crippen molar-refractivity contribution in [1.82, 2.24) is 19.2 Å². The van der Waals surface area contributed by atoms with Crippen molar-refractivity contribution in [1.29, 1.82) is 0 Å². The van der Waals surface area contributed by atoms with E-state index in [2.05, 4.69) is 52.8 Å². The van der Waals surface area contributed by atoms with E-state index in [9.17, 15) is 0 Å². The predicted octanol–water partition coefficient (Wildman–Crippen LogP) is 4.77. The van der Waals surface area contributed by atoms with Gasteiger partial charge in [0.15, 0.2) is 10.6 Å². The first-order chi connectivity index (χ1) is 14.2. The van der Waals surface area contributed by atoms with Gasteiger partial charge in [-0.05, 0) is 67.9 Å². The first-order valence-electron chi connectivity index (χ1n) is 10.3. The number of hydrogen-bond donors (Lipinski definition) is 0. The van der Waals surface area contributed by atoms with Gasteiger partial charge >= 0.3 is 0 Å². The standard InChI is InChI=1S/C23H28N4OS/c1-3-25(20-11-12-20)17-27-23(29)26(16-15-18-7-5-4-6-8-18)22(24-27)19-9-13-21(28-2)14-10-19/h4-10,13-14,20H,3,11-12,15-17H2,1-2H3. The summed E-state index contributed by atoms with van der Waals surface area (Å²) in [6, 6.07) is 19.3. The summed E-state index contributed by atoms with van der Waals surface area (Å²) in [5.74, 6) is 1.76. The molecule has 0 bridgehead atoms. The van der Waals surface area contributed by atoms with E-state index in [4.69, 9.17) is 22.1 Å². The zero-order valence-electron chi connectivity index (χ0n) is 17.1. The molecule has 0 spiro atoms. The maximum absolute atomic E-state index is 5.86. The normalized spacial score (nSPS) is 13.8. The third kappa shape index (κ3) is 4.60. The van der Waals surface area contributed by atoms with E-state index < -0.39 is 0 Å². The van der Waals surface area contributed by atoms with Crippen LogP contribution in [-0.4, -0.2) is 38.9 Å². The molecule has 0 aliphatic heterocycles. The fourth-order valence-corrected chi connectivity index (χ4v) is 3.94. The molecule has 0 N–H and O–H groups in total. The van der Waals surface area contributed by atoms with Crippen LogP contribution in [0.1, 0.15) is 25.3 Å². The van der Waals surface area contributed by atoms with Gasteiger partial charge in [-0.1, -0.05) is 37.3 Å². The predicted molar refractivity (Wildman–Crippen MR) is 119 cm³/mol. The van der Waals surface area contributed by atoms with Gasteiger partial charge in [-0.25, -0.2) is 4.68 Å². The third-order valence-electron chi connectivity index (χ3n) is 5.52. The van der Waals surface area contributed by atoms with Gasteiger partial charge in [-0.2, -0.15) is 5.10 Å². The second-order valence-electron chi connectivity index (χ2n) is 7.50. The fraction of sp³-hybridized carbons (Fsp3) is 0.391. The largest absolute Gasteiger partial charge is 0.497 e. The molecule has 29 heavy (non-hydrogen) atoms. The molecule has 152 valence electrons. The number of hydrogen-bond acceptors (Lipinski definition) is 4. The molecule has 1 heterocycles. The van der Waals surface area contributed by atoms with Crippen LogP contribution in [0.4, 0.5) is 0 Å². The number of methoxy groups -OCH3 is 1. The average Bonchev–Trinajstić information content (AvgIpc) is 3.56. The summed E-state index contributed by atoms with van der Waals surface area (Å²) in [4.78, 5) is 2.46. The first kappa shape index (κ1) is 19.9. The topological polar surface area (TPSA) is 35.2 Å². The third-order valence-corrected chi connectivity index (χ3v) is 5.95. The minimum Gasteiger partial charge on any atom is -0.497 e. The van der Waals surface area contributed by atoms with Gasteiger partial charge in [0.25, 0.3) is 0 Å². The molecule has 1 fully saturated rings. The van der Waals surface area contributed by atoms with Gasteiger partial charge in [0.2, 0.25) is 0 Å². The lowest BCUT2D eigenvalue weighted by Gasteiger charge is -2.19. The average molecular weight is 409 g/mol. The summed E-state index contributed by atoms with van der Waals surface area (Å²) in [6.07, 6.45) is 3.48. The van der Waals surface area contributed by atoms with E-state index in [1.807, 2.05) is 22.9 Å². The van der Waals surface area contributed by atoms with E-state index in [1.54, 1.807) is 7.11 Å². The molecule has 4 rings (SSSR count). The Morgan fingerprint density at radius 1 is 1.10 bits per heavy atom. The Balaban J connectivity index is 1.66. The first-order valence-corrected chi connectivity index (χ1v) is 10.7. The van der Waals surface area contributed by atoms with E-state index in [1.165, 1.54) is 18.4 Å². The molecular weight excluding hydrogens is 380 g/mol. The van der Waals surface area contributed by atoms with Gasteiger partial charge < -0.3 is 4.74 Å². The number of rotatable bonds is 9. The molecule has 6 heteroatoms. The SMILES string of the molecule is CCN(Cn1nc(-c2ccc(OC)cc2)n(CCc2ccccc2)c1=S)C1CC1. The molecule has 1 aliphatic rings. The second kappa shape index (κ2) is 8.93. The molecular formula is C23H28N4OS. The highest BCUT2D eigenvalue weighted by atomic mass is 32.1. The highest BCUT2D eigenvalue weighted by Gasteiger charge is 2.28. The van der Waals surface area contributed by atoms with Gasteiger partial charge in [0.05, 0.1) is 13.8 Å². The monoisotopic (exact) mass is 408 g/mol. The van der Waals surface area contributed by atoms with E-state index in [0.717, 1.165) is 48.1 Å². The number of ether oxygens (including phenoxy) is 1. The number of nitrogens with zero attached hydrogens (tertiary/aromatic N) is 4. The van der Waals surface area contributed by atoms with E-state index in [-0.39, 0.29) is 0 Å². The van der Waals surface area contributed by atoms with Gasteiger partial charge in [-0.15, -0.1) is 0 Å². The summed E-state index contributed by atoms with van der Waals surface area (Å²) < 4.78 is 10.3. The Morgan fingerprint density at radius 3 is 2.45 bits per heavy atom. The van der Waals surface area contributed by atoms with Crippen LogP contribution in [0.25, 0.3) is 11.4 Å². The second-order valence-corrected chi connectivity index (χ2v) is 7.86. The molecule has 1 saturated carbocycles. The lowest BCUT2D eigenvalue weighted by Crippen LogP contribution is -2.29. The Hall–Kier alpha value is -2.44. The maximum atomic E-state index is 5.86. The Bertz CT molecular complexity index is 990. The van der Waals surface area contributed by atoms with Crippen molar-refractivity contribution in [2.24, 2.45) is 0 Å². The molecule has 0 radical (unpaired) electrons. The van der Waals surface area contributed by atoms with Crippen molar-refractivity contribution >= 4 is 12.2 Å². The molecule has 0 atom stereocenters. The van der Waals surface area contributed by atoms with Crippen molar-refractivity contribution < 1.29 is 4.74 Å². The maximum Gasteiger partial charge on any atom is 0.199 e. The summed E-state index contributed by atoms with van der Waals surface area (Å²) in [7, 11) is 1.68. The molecule has 1 aromatic heterocycles. The molecule has 1 aliphatic carbocycles. The lowest BCUT2D eigenvalue weighted by molar-refractivity contribution is 0.206. The van der Waals surface area contributed by atoms with E-state index >= 15 is 0 Å². The Morgan fingerprint density at radius 2 is 1.83 bits per heavy atom. The van der Waals surface area contributed by atoms with Crippen LogP contribution < -0.4 is 4.74 Å². The van der Waals surface area contributed by atoms with Crippen LogP contribution in [0.2, 0.25) is 0 Å². The summed E-state index contributed by atoms with van der Waals surface area (Å²) >= 11 is 5.86. The highest BCUT2D eigenvalue weighted by Crippen LogP contribution is 2.28. The van der Waals surface area contributed by atoms with Crippen LogP contribution in [0, 0.1) is 4.77 Å². The minimum atomic E-state index is 0.681. The summed E-state index contributed by atoms with van der Waals surface area (Å²) in [5, 5.41) is 4.94. The molecule has 2 aromatic carbocycles. The summed E-state index contributed by atoms with van der Waals surface area (Å²) in [5.41, 5.74) is 2.36. The smallest absolute Gasteiger partial charge is 0.199 e. The molecule has 3 aromatic rings. The van der Waals surface area contributed by atoms with Gasteiger partial charge in [-0.3, -0.25) is 9.47 Å². The van der Waals surface area contributed by atoms with Crippen molar-refractivity contribution in [3.8, 4) is 17.1 Å². The van der Waals surface area contributed by atoms with Crippen molar-refractivity contribution in [2.75, 3.05) is 13.7 Å². The molecule has 0 saturated heterocycles. The number of aryl methyl sites for hydroxylation is 1. The van der Waals surface area contributed by atoms with Crippen LogP contribution in [-0.2, 0) is 19.6 Å². The van der Waals surface area contributed by atoms with Crippen LogP contribution in [0.5, 0.6) is 5.75 Å². The number of aromatic nitrogens is 3. The van der Waals surface area contributed by atoms with Gasteiger partial charge in [0, 0.05) is 18.2 Å². The van der Waals surface area contributed by atoms with Crippen LogP contribution in [0.3, 0.4) is 0 Å². The zero-order valence-corrected chi connectivity index (χ0v) is 17.9. The summed E-state index contributed by atoms with van der Waals surface area (Å²) in [6.45, 7) is 4.78. The van der Waals surface area contributed by atoms with Crippen molar-refractivity contribution in [2.45, 2.75) is 45.4 Å². The van der Waals surface area contributed by atoms with Crippen LogP contribution in [0.15, 0.2) is 54.6 Å². The zero-order chi connectivity index (χ0) is 20.2. The van der Waals surface area contributed by atoms with Crippen molar-refractivity contribution in [3.05, 3.63) is 64.9 Å².